The van der Waals surface area contributed by atoms with Crippen molar-refractivity contribution in [2.24, 2.45) is 0 Å². The van der Waals surface area contributed by atoms with Gasteiger partial charge in [-0.05, 0) is 68.4 Å². The van der Waals surface area contributed by atoms with Crippen molar-refractivity contribution in [3.05, 3.63) is 75.8 Å². The zero-order valence-electron chi connectivity index (χ0n) is 21.2. The Bertz CT molecular complexity index is 1730. The number of carbonyl (C=O) groups is 1. The van der Waals surface area contributed by atoms with E-state index >= 15 is 0 Å². The summed E-state index contributed by atoms with van der Waals surface area (Å²) in [5, 5.41) is 11.0. The number of phenolic OH excluding ortho intramolecular Hbond substituents is 1. The van der Waals surface area contributed by atoms with Gasteiger partial charge in [0, 0.05) is 32.6 Å². The number of sulfone groups is 1. The molecule has 1 N–H and O–H groups in total. The summed E-state index contributed by atoms with van der Waals surface area (Å²) in [6.45, 7) is 3.36. The monoisotopic (exact) mass is 643 g/mol. The van der Waals surface area contributed by atoms with Crippen molar-refractivity contribution < 1.29 is 36.2 Å². The maximum atomic E-state index is 13.9. The molecule has 13 heteroatoms. The number of alkyl halides is 3. The Kier molecular flexibility index (Phi) is 8.28. The lowest BCUT2D eigenvalue weighted by atomic mass is 9.97. The molecule has 0 amide bonds. The molecule has 41 heavy (non-hydrogen) atoms. The normalized spacial score (nSPS) is 14.6. The molecule has 0 saturated carbocycles. The maximum Gasteiger partial charge on any atom is 0.501 e. The second-order valence-electron chi connectivity index (χ2n) is 9.42. The molecule has 1 fully saturated rings. The average Bonchev–Trinajstić information content (AvgIpc) is 3.58. The van der Waals surface area contributed by atoms with E-state index < -0.39 is 31.8 Å². The van der Waals surface area contributed by atoms with Crippen LogP contribution in [-0.4, -0.2) is 56.0 Å². The van der Waals surface area contributed by atoms with Gasteiger partial charge in [-0.3, -0.25) is 9.69 Å². The third-order valence-corrected chi connectivity index (χ3v) is 10.2. The molecule has 0 bridgehead atoms. The van der Waals surface area contributed by atoms with Gasteiger partial charge in [0.05, 0.1) is 20.5 Å². The standard InChI is InChI=1S/C28H22Cl2F3NO5S2/c29-20-5-3-4-19(25(20)30)27-24(23-21(35)14-18(15-22(23)40-27)41(37,38)28(31,32)33)26(36)16-6-8-17(9-7-16)39-13-12-34-10-1-2-11-34/h3-9,14-15,35H,1-2,10-13H2. The number of thiophene rings is 1. The molecule has 0 radical (unpaired) electrons. The molecule has 1 saturated heterocycles. The summed E-state index contributed by atoms with van der Waals surface area (Å²) in [5.41, 5.74) is -5.13. The Hall–Kier alpha value is -2.83. The fourth-order valence-corrected chi connectivity index (χ4v) is 7.33. The molecule has 5 rings (SSSR count). The SMILES string of the molecule is O=C(c1ccc(OCCN2CCCC2)cc1)c1c(-c2cccc(Cl)c2Cl)sc2cc(S(=O)(=O)C(F)(F)F)cc(O)c12. The van der Waals surface area contributed by atoms with Gasteiger partial charge in [0.1, 0.15) is 18.1 Å². The minimum absolute atomic E-state index is 0.0506. The lowest BCUT2D eigenvalue weighted by molar-refractivity contribution is -0.0436. The predicted molar refractivity (Wildman–Crippen MR) is 153 cm³/mol. The van der Waals surface area contributed by atoms with Crippen molar-refractivity contribution in [1.82, 2.24) is 4.90 Å². The van der Waals surface area contributed by atoms with Gasteiger partial charge in [-0.1, -0.05) is 35.3 Å². The maximum absolute atomic E-state index is 13.9. The number of ketones is 1. The summed E-state index contributed by atoms with van der Waals surface area (Å²) in [6.07, 6.45) is 2.34. The van der Waals surface area contributed by atoms with E-state index in [1.165, 1.54) is 18.9 Å². The topological polar surface area (TPSA) is 83.9 Å². The van der Waals surface area contributed by atoms with Gasteiger partial charge in [0.2, 0.25) is 0 Å². The Labute approximate surface area is 247 Å². The predicted octanol–water partition coefficient (Wildman–Crippen LogP) is 7.58. The molecule has 1 aliphatic heterocycles. The quantitative estimate of drug-likeness (QED) is 0.199. The third-order valence-electron chi connectivity index (χ3n) is 6.77. The van der Waals surface area contributed by atoms with E-state index in [4.69, 9.17) is 27.9 Å². The third kappa shape index (κ3) is 5.78. The first kappa shape index (κ1) is 29.7. The van der Waals surface area contributed by atoms with Crippen molar-refractivity contribution in [1.29, 1.82) is 0 Å². The number of phenols is 1. The fraction of sp³-hybridized carbons (Fsp3) is 0.250. The minimum Gasteiger partial charge on any atom is -0.507 e. The molecule has 1 aromatic heterocycles. The van der Waals surface area contributed by atoms with Crippen LogP contribution in [0, 0.1) is 0 Å². The van der Waals surface area contributed by atoms with Crippen LogP contribution < -0.4 is 4.74 Å². The number of carbonyl (C=O) groups excluding carboxylic acids is 1. The van der Waals surface area contributed by atoms with Crippen LogP contribution in [0.15, 0.2) is 59.5 Å². The average molecular weight is 645 g/mol. The second-order valence-corrected chi connectivity index (χ2v) is 13.2. The number of hydrogen-bond acceptors (Lipinski definition) is 7. The smallest absolute Gasteiger partial charge is 0.501 e. The largest absolute Gasteiger partial charge is 0.507 e. The Morgan fingerprint density at radius 3 is 2.39 bits per heavy atom. The van der Waals surface area contributed by atoms with Gasteiger partial charge in [0.15, 0.2) is 5.78 Å². The number of nitrogens with zero attached hydrogens (tertiary/aromatic N) is 1. The van der Waals surface area contributed by atoms with E-state index in [2.05, 4.69) is 4.90 Å². The number of benzene rings is 3. The molecule has 3 aromatic carbocycles. The van der Waals surface area contributed by atoms with Crippen molar-refractivity contribution in [3.8, 4) is 21.9 Å². The van der Waals surface area contributed by atoms with Crippen molar-refractivity contribution in [2.45, 2.75) is 23.2 Å². The second kappa shape index (κ2) is 11.4. The van der Waals surface area contributed by atoms with E-state index in [1.54, 1.807) is 36.4 Å². The number of ether oxygens (including phenoxy) is 1. The molecule has 1 aliphatic rings. The summed E-state index contributed by atoms with van der Waals surface area (Å²) < 4.78 is 69.8. The number of likely N-dealkylation sites (tertiary alicyclic amines) is 1. The summed E-state index contributed by atoms with van der Waals surface area (Å²) in [5.74, 6) is -0.803. The van der Waals surface area contributed by atoms with Gasteiger partial charge in [-0.25, -0.2) is 8.42 Å². The van der Waals surface area contributed by atoms with Crippen LogP contribution in [0.25, 0.3) is 20.5 Å². The number of hydrogen-bond donors (Lipinski definition) is 1. The molecule has 0 atom stereocenters. The first-order valence-corrected chi connectivity index (χ1v) is 15.5. The zero-order valence-corrected chi connectivity index (χ0v) is 24.3. The zero-order chi connectivity index (χ0) is 29.5. The molecule has 0 spiro atoms. The van der Waals surface area contributed by atoms with Gasteiger partial charge in [0.25, 0.3) is 9.84 Å². The van der Waals surface area contributed by atoms with Crippen LogP contribution in [0.1, 0.15) is 28.8 Å². The Morgan fingerprint density at radius 1 is 1.05 bits per heavy atom. The molecule has 0 unspecified atom stereocenters. The summed E-state index contributed by atoms with van der Waals surface area (Å²) >= 11 is 13.4. The highest BCUT2D eigenvalue weighted by molar-refractivity contribution is 7.92. The highest BCUT2D eigenvalue weighted by atomic mass is 35.5. The molecular formula is C28H22Cl2F3NO5S2. The molecule has 4 aromatic rings. The number of fused-ring (bicyclic) bond motifs is 1. The van der Waals surface area contributed by atoms with E-state index in [9.17, 15) is 31.5 Å². The number of rotatable bonds is 8. The summed E-state index contributed by atoms with van der Waals surface area (Å²) in [4.78, 5) is 15.2. The molecule has 6 nitrogen and oxygen atoms in total. The molecular weight excluding hydrogens is 622 g/mol. The van der Waals surface area contributed by atoms with Crippen LogP contribution in [0.5, 0.6) is 11.5 Å². The number of aromatic hydroxyl groups is 1. The van der Waals surface area contributed by atoms with E-state index in [1.807, 2.05) is 0 Å². The lowest BCUT2D eigenvalue weighted by Crippen LogP contribution is -2.25. The van der Waals surface area contributed by atoms with Gasteiger partial charge < -0.3 is 9.84 Å². The number of halogens is 5. The molecule has 216 valence electrons. The first-order valence-electron chi connectivity index (χ1n) is 12.4. The van der Waals surface area contributed by atoms with E-state index in [0.29, 0.717) is 24.0 Å². The van der Waals surface area contributed by atoms with Crippen LogP contribution in [0.2, 0.25) is 10.0 Å². The lowest BCUT2D eigenvalue weighted by Gasteiger charge is -2.15. The van der Waals surface area contributed by atoms with Crippen LogP contribution in [0.3, 0.4) is 0 Å². The van der Waals surface area contributed by atoms with Crippen LogP contribution in [-0.2, 0) is 9.84 Å². The Morgan fingerprint density at radius 2 is 1.73 bits per heavy atom. The molecule has 0 aliphatic carbocycles. The highest BCUT2D eigenvalue weighted by Crippen LogP contribution is 2.48. The van der Waals surface area contributed by atoms with Gasteiger partial charge in [-0.15, -0.1) is 11.3 Å². The van der Waals surface area contributed by atoms with Crippen LogP contribution >= 0.6 is 34.5 Å². The van der Waals surface area contributed by atoms with Gasteiger partial charge in [-0.2, -0.15) is 13.2 Å². The minimum atomic E-state index is -5.77. The first-order chi connectivity index (χ1) is 19.4. The Balaban J connectivity index is 1.57. The van der Waals surface area contributed by atoms with Crippen molar-refractivity contribution in [2.75, 3.05) is 26.2 Å². The fourth-order valence-electron chi connectivity index (χ4n) is 4.70. The van der Waals surface area contributed by atoms with Crippen LogP contribution in [0.4, 0.5) is 13.2 Å². The van der Waals surface area contributed by atoms with E-state index in [0.717, 1.165) is 37.0 Å². The summed E-state index contributed by atoms with van der Waals surface area (Å²) in [7, 11) is -5.77. The highest BCUT2D eigenvalue weighted by Gasteiger charge is 2.47. The van der Waals surface area contributed by atoms with Crippen molar-refractivity contribution >= 4 is 60.2 Å². The summed E-state index contributed by atoms with van der Waals surface area (Å²) in [6, 6.07) is 12.3. The van der Waals surface area contributed by atoms with Gasteiger partial charge >= 0.3 is 5.51 Å². The van der Waals surface area contributed by atoms with E-state index in [-0.39, 0.29) is 36.1 Å². The van der Waals surface area contributed by atoms with Crippen molar-refractivity contribution in [3.63, 3.8) is 0 Å². The molecule has 2 heterocycles.